The Bertz CT molecular complexity index is 398. The lowest BCUT2D eigenvalue weighted by Gasteiger charge is -2.30. The van der Waals surface area contributed by atoms with Gasteiger partial charge in [-0.3, -0.25) is 4.79 Å². The van der Waals surface area contributed by atoms with Crippen molar-refractivity contribution in [3.8, 4) is 0 Å². The molecule has 2 aliphatic carbocycles. The zero-order chi connectivity index (χ0) is 14.8. The van der Waals surface area contributed by atoms with Gasteiger partial charge < -0.3 is 15.3 Å². The summed E-state index contributed by atoms with van der Waals surface area (Å²) in [5, 5.41) is 12.1. The minimum absolute atomic E-state index is 0.0159. The molecule has 0 radical (unpaired) electrons. The summed E-state index contributed by atoms with van der Waals surface area (Å²) in [5.74, 6) is 0.521. The highest BCUT2D eigenvalue weighted by Gasteiger charge is 2.44. The van der Waals surface area contributed by atoms with E-state index in [0.717, 1.165) is 12.3 Å². The fourth-order valence-electron chi connectivity index (χ4n) is 4.04. The summed E-state index contributed by atoms with van der Waals surface area (Å²) in [6.07, 6.45) is 9.05. The fraction of sp³-hybridized carbons (Fsp3) is 0.875. The van der Waals surface area contributed by atoms with Gasteiger partial charge in [0, 0.05) is 19.1 Å². The molecule has 118 valence electrons. The van der Waals surface area contributed by atoms with E-state index in [1.165, 1.54) is 32.1 Å². The molecule has 2 N–H and O–H groups in total. The number of amides is 2. The first kappa shape index (κ1) is 14.7. The minimum atomic E-state index is -0.727. The average Bonchev–Trinajstić information content (AvgIpc) is 3.27. The number of carboxylic acid groups (broad SMARTS) is 1. The van der Waals surface area contributed by atoms with Crippen molar-refractivity contribution < 1.29 is 14.7 Å². The summed E-state index contributed by atoms with van der Waals surface area (Å²) in [4.78, 5) is 24.9. The molecule has 5 heteroatoms. The van der Waals surface area contributed by atoms with Crippen molar-refractivity contribution in [1.82, 2.24) is 10.2 Å². The maximum atomic E-state index is 12.2. The van der Waals surface area contributed by atoms with Crippen molar-refractivity contribution in [2.75, 3.05) is 13.1 Å². The van der Waals surface area contributed by atoms with Crippen molar-refractivity contribution in [2.45, 2.75) is 57.4 Å². The molecule has 0 bridgehead atoms. The molecule has 0 spiro atoms. The van der Waals surface area contributed by atoms with Crippen LogP contribution in [-0.2, 0) is 4.79 Å². The van der Waals surface area contributed by atoms with Gasteiger partial charge in [-0.05, 0) is 31.1 Å². The van der Waals surface area contributed by atoms with Gasteiger partial charge in [-0.1, -0.05) is 32.1 Å². The summed E-state index contributed by atoms with van der Waals surface area (Å²) in [5.41, 5.74) is 0. The molecule has 2 atom stereocenters. The standard InChI is InChI=1S/C16H26N2O3/c19-15(20)12-6-8-18(9-7-12)16(21)17-14-10-13(14)11-4-2-1-3-5-11/h11-14H,1-10H2,(H,17,21)(H,19,20). The van der Waals surface area contributed by atoms with Crippen LogP contribution in [-0.4, -0.2) is 41.1 Å². The number of aliphatic carboxylic acids is 1. The number of rotatable bonds is 3. The summed E-state index contributed by atoms with van der Waals surface area (Å²) < 4.78 is 0. The van der Waals surface area contributed by atoms with E-state index in [2.05, 4.69) is 5.32 Å². The number of urea groups is 1. The molecule has 2 unspecified atom stereocenters. The lowest BCUT2D eigenvalue weighted by molar-refractivity contribution is -0.143. The number of hydrogen-bond donors (Lipinski definition) is 2. The Morgan fingerprint density at radius 2 is 1.67 bits per heavy atom. The first-order chi connectivity index (χ1) is 10.1. The van der Waals surface area contributed by atoms with Crippen LogP contribution in [0.25, 0.3) is 0 Å². The van der Waals surface area contributed by atoms with Gasteiger partial charge in [0.05, 0.1) is 5.92 Å². The van der Waals surface area contributed by atoms with Crippen LogP contribution in [0, 0.1) is 17.8 Å². The minimum Gasteiger partial charge on any atom is -0.481 e. The zero-order valence-corrected chi connectivity index (χ0v) is 12.6. The van der Waals surface area contributed by atoms with Crippen molar-refractivity contribution in [3.05, 3.63) is 0 Å². The number of carboxylic acids is 1. The quantitative estimate of drug-likeness (QED) is 0.840. The molecule has 3 rings (SSSR count). The van der Waals surface area contributed by atoms with Gasteiger partial charge in [-0.25, -0.2) is 4.79 Å². The molecular weight excluding hydrogens is 268 g/mol. The van der Waals surface area contributed by atoms with Crippen molar-refractivity contribution in [3.63, 3.8) is 0 Å². The van der Waals surface area contributed by atoms with Crippen LogP contribution >= 0.6 is 0 Å². The van der Waals surface area contributed by atoms with E-state index in [1.54, 1.807) is 4.90 Å². The maximum Gasteiger partial charge on any atom is 0.317 e. The fourth-order valence-corrected chi connectivity index (χ4v) is 4.04. The Hall–Kier alpha value is -1.26. The van der Waals surface area contributed by atoms with Crippen LogP contribution in [0.4, 0.5) is 4.79 Å². The van der Waals surface area contributed by atoms with Gasteiger partial charge in [0.25, 0.3) is 0 Å². The third kappa shape index (κ3) is 3.50. The van der Waals surface area contributed by atoms with Crippen LogP contribution in [0.2, 0.25) is 0 Å². The highest BCUT2D eigenvalue weighted by atomic mass is 16.4. The Balaban J connectivity index is 1.40. The van der Waals surface area contributed by atoms with E-state index in [4.69, 9.17) is 5.11 Å². The molecule has 5 nitrogen and oxygen atoms in total. The van der Waals surface area contributed by atoms with Gasteiger partial charge in [0.1, 0.15) is 0 Å². The predicted molar refractivity (Wildman–Crippen MR) is 78.9 cm³/mol. The third-order valence-electron chi connectivity index (χ3n) is 5.54. The summed E-state index contributed by atoms with van der Waals surface area (Å²) >= 11 is 0. The van der Waals surface area contributed by atoms with Crippen LogP contribution in [0.5, 0.6) is 0 Å². The Labute approximate surface area is 126 Å². The monoisotopic (exact) mass is 294 g/mol. The molecule has 1 heterocycles. The number of carbonyl (C=O) groups excluding carboxylic acids is 1. The SMILES string of the molecule is O=C(O)C1CCN(C(=O)NC2CC2C2CCCCC2)CC1. The van der Waals surface area contributed by atoms with Crippen molar-refractivity contribution in [2.24, 2.45) is 17.8 Å². The molecule has 2 saturated carbocycles. The summed E-state index contributed by atoms with van der Waals surface area (Å²) in [6, 6.07) is 0.389. The Kier molecular flexibility index (Phi) is 4.36. The molecule has 2 amide bonds. The molecule has 0 aromatic heterocycles. The second kappa shape index (κ2) is 6.24. The van der Waals surface area contributed by atoms with Gasteiger partial charge >= 0.3 is 12.0 Å². The molecule has 0 aromatic rings. The summed E-state index contributed by atoms with van der Waals surface area (Å²) in [7, 11) is 0. The predicted octanol–water partition coefficient (Wildman–Crippen LogP) is 2.46. The average molecular weight is 294 g/mol. The third-order valence-corrected chi connectivity index (χ3v) is 5.54. The topological polar surface area (TPSA) is 69.6 Å². The Morgan fingerprint density at radius 1 is 1.00 bits per heavy atom. The van der Waals surface area contributed by atoms with Crippen LogP contribution < -0.4 is 5.32 Å². The second-order valence-electron chi connectivity index (χ2n) is 6.95. The molecule has 1 aliphatic heterocycles. The molecule has 1 saturated heterocycles. The van der Waals surface area contributed by atoms with E-state index < -0.39 is 5.97 Å². The number of carbonyl (C=O) groups is 2. The first-order valence-corrected chi connectivity index (χ1v) is 8.43. The number of nitrogens with one attached hydrogen (secondary N) is 1. The number of likely N-dealkylation sites (tertiary alicyclic amines) is 1. The van der Waals surface area contributed by atoms with E-state index in [-0.39, 0.29) is 11.9 Å². The molecule has 3 aliphatic rings. The second-order valence-corrected chi connectivity index (χ2v) is 6.95. The van der Waals surface area contributed by atoms with Gasteiger partial charge in [0.15, 0.2) is 0 Å². The van der Waals surface area contributed by atoms with E-state index in [9.17, 15) is 9.59 Å². The lowest BCUT2D eigenvalue weighted by Crippen LogP contribution is -2.46. The van der Waals surface area contributed by atoms with Crippen molar-refractivity contribution in [1.29, 1.82) is 0 Å². The largest absolute Gasteiger partial charge is 0.481 e. The van der Waals surface area contributed by atoms with Gasteiger partial charge in [-0.2, -0.15) is 0 Å². The highest BCUT2D eigenvalue weighted by molar-refractivity contribution is 5.76. The smallest absolute Gasteiger partial charge is 0.317 e. The molecule has 3 fully saturated rings. The van der Waals surface area contributed by atoms with Crippen molar-refractivity contribution >= 4 is 12.0 Å². The van der Waals surface area contributed by atoms with Crippen LogP contribution in [0.15, 0.2) is 0 Å². The highest BCUT2D eigenvalue weighted by Crippen LogP contribution is 2.44. The molecule has 21 heavy (non-hydrogen) atoms. The van der Waals surface area contributed by atoms with Crippen LogP contribution in [0.1, 0.15) is 51.4 Å². The van der Waals surface area contributed by atoms with Gasteiger partial charge in [-0.15, -0.1) is 0 Å². The Morgan fingerprint density at radius 3 is 2.29 bits per heavy atom. The maximum absolute atomic E-state index is 12.2. The number of nitrogens with zero attached hydrogens (tertiary/aromatic N) is 1. The normalized spacial score (nSPS) is 31.0. The summed E-state index contributed by atoms with van der Waals surface area (Å²) in [6.45, 7) is 1.15. The lowest BCUT2D eigenvalue weighted by atomic mass is 9.85. The van der Waals surface area contributed by atoms with E-state index >= 15 is 0 Å². The first-order valence-electron chi connectivity index (χ1n) is 8.43. The van der Waals surface area contributed by atoms with E-state index in [1.807, 2.05) is 0 Å². The van der Waals surface area contributed by atoms with Gasteiger partial charge in [0.2, 0.25) is 0 Å². The van der Waals surface area contributed by atoms with Crippen LogP contribution in [0.3, 0.4) is 0 Å². The molecule has 0 aromatic carbocycles. The van der Waals surface area contributed by atoms with E-state index in [0.29, 0.717) is 37.9 Å². The molecular formula is C16H26N2O3. The number of hydrogen-bond acceptors (Lipinski definition) is 2. The zero-order valence-electron chi connectivity index (χ0n) is 12.6. The number of piperidine rings is 1.